The van der Waals surface area contributed by atoms with Gasteiger partial charge in [0.2, 0.25) is 0 Å². The molecule has 0 spiro atoms. The van der Waals surface area contributed by atoms with Gasteiger partial charge >= 0.3 is 0 Å². The summed E-state index contributed by atoms with van der Waals surface area (Å²) >= 11 is 1.81. The molecule has 0 N–H and O–H groups in total. The van der Waals surface area contributed by atoms with E-state index in [1.807, 2.05) is 11.8 Å². The van der Waals surface area contributed by atoms with Gasteiger partial charge in [-0.2, -0.15) is 0 Å². The van der Waals surface area contributed by atoms with Gasteiger partial charge in [-0.05, 0) is 23.5 Å². The van der Waals surface area contributed by atoms with E-state index < -0.39 is 0 Å². The van der Waals surface area contributed by atoms with Crippen molar-refractivity contribution in [3.8, 4) is 0 Å². The van der Waals surface area contributed by atoms with Crippen molar-refractivity contribution >= 4 is 11.8 Å². The summed E-state index contributed by atoms with van der Waals surface area (Å²) in [5, 5.41) is 0. The average molecular weight is 184 g/mol. The van der Waals surface area contributed by atoms with E-state index in [0.717, 1.165) is 5.75 Å². The largest absolute Gasteiger partial charge is 0.127 e. The summed E-state index contributed by atoms with van der Waals surface area (Å²) in [7, 11) is 0. The summed E-state index contributed by atoms with van der Waals surface area (Å²) in [5.41, 5.74) is 0. The van der Waals surface area contributed by atoms with E-state index in [4.69, 9.17) is 0 Å². The maximum atomic E-state index is 3.94. The predicted octanol–water partition coefficient (Wildman–Crippen LogP) is 4.39. The van der Waals surface area contributed by atoms with Crippen LogP contribution in [0, 0.1) is 0 Å². The van der Waals surface area contributed by atoms with Crippen LogP contribution in [0.2, 0.25) is 0 Å². The second-order valence-corrected chi connectivity index (χ2v) is 4.19. The molecule has 0 radical (unpaired) electrons. The fourth-order valence-electron chi connectivity index (χ4n) is 0.960. The van der Waals surface area contributed by atoms with Crippen molar-refractivity contribution < 1.29 is 0 Å². The number of thioether (sulfide) groups is 1. The Labute approximate surface area is 81.1 Å². The van der Waals surface area contributed by atoms with Gasteiger partial charge < -0.3 is 0 Å². The molecule has 0 aromatic heterocycles. The van der Waals surface area contributed by atoms with Crippen molar-refractivity contribution in [3.05, 3.63) is 23.6 Å². The van der Waals surface area contributed by atoms with Crippen LogP contribution in [0.1, 0.15) is 39.5 Å². The van der Waals surface area contributed by atoms with Crippen molar-refractivity contribution in [2.45, 2.75) is 39.5 Å². The molecule has 0 saturated heterocycles. The number of hydrogen-bond donors (Lipinski definition) is 0. The van der Waals surface area contributed by atoms with Gasteiger partial charge in [0.15, 0.2) is 0 Å². The normalized spacial score (nSPS) is 10.8. The fraction of sp³-hybridized carbons (Fsp3) is 0.636. The Bertz CT molecular complexity index is 136. The first-order valence-electron chi connectivity index (χ1n) is 4.79. The summed E-state index contributed by atoms with van der Waals surface area (Å²) in [4.78, 5) is 1.19. The fourth-order valence-corrected chi connectivity index (χ4v) is 1.52. The maximum Gasteiger partial charge on any atom is -0.000330 e. The third-order valence-corrected chi connectivity index (χ3v) is 2.40. The third-order valence-electron chi connectivity index (χ3n) is 1.61. The number of rotatable bonds is 7. The zero-order valence-corrected chi connectivity index (χ0v) is 9.12. The first kappa shape index (κ1) is 11.8. The monoisotopic (exact) mass is 184 g/mol. The van der Waals surface area contributed by atoms with Gasteiger partial charge in [0, 0.05) is 0 Å². The summed E-state index contributed by atoms with van der Waals surface area (Å²) in [6.45, 7) is 8.32. The Morgan fingerprint density at radius 1 is 1.33 bits per heavy atom. The highest BCUT2D eigenvalue weighted by Crippen LogP contribution is 2.14. The molecule has 0 heterocycles. The van der Waals surface area contributed by atoms with Crippen LogP contribution >= 0.6 is 11.8 Å². The Hall–Kier alpha value is -0.170. The Kier molecular flexibility index (Phi) is 8.80. The second-order valence-electron chi connectivity index (χ2n) is 2.80. The molecule has 0 saturated carbocycles. The summed E-state index contributed by atoms with van der Waals surface area (Å²) in [6.07, 6.45) is 9.55. The van der Waals surface area contributed by atoms with E-state index >= 15 is 0 Å². The minimum atomic E-state index is 1.12. The van der Waals surface area contributed by atoms with E-state index in [0.29, 0.717) is 0 Å². The minimum absolute atomic E-state index is 1.12. The molecule has 12 heavy (non-hydrogen) atoms. The number of allylic oxidation sites excluding steroid dienone is 2. The molecule has 0 aliphatic carbocycles. The van der Waals surface area contributed by atoms with Gasteiger partial charge in [0.05, 0.1) is 0 Å². The van der Waals surface area contributed by atoms with Crippen molar-refractivity contribution in [2.24, 2.45) is 0 Å². The van der Waals surface area contributed by atoms with Crippen LogP contribution in [0.25, 0.3) is 0 Å². The number of unbranched alkanes of at least 4 members (excludes halogenated alkanes) is 3. The molecule has 0 nitrogen and oxygen atoms in total. The van der Waals surface area contributed by atoms with Gasteiger partial charge in [0.25, 0.3) is 0 Å². The molecular formula is C11H20S. The molecular weight excluding hydrogens is 164 g/mol. The second kappa shape index (κ2) is 8.92. The van der Waals surface area contributed by atoms with E-state index in [2.05, 4.69) is 32.6 Å². The van der Waals surface area contributed by atoms with E-state index in [1.165, 1.54) is 30.6 Å². The molecule has 0 aliphatic rings. The first-order valence-corrected chi connectivity index (χ1v) is 5.78. The van der Waals surface area contributed by atoms with Crippen LogP contribution in [0.4, 0.5) is 0 Å². The molecule has 0 aromatic carbocycles. The molecule has 0 rings (SSSR count). The highest BCUT2D eigenvalue weighted by atomic mass is 32.2. The lowest BCUT2D eigenvalue weighted by atomic mass is 10.2. The zero-order chi connectivity index (χ0) is 9.23. The van der Waals surface area contributed by atoms with Crippen LogP contribution in [0.15, 0.2) is 23.6 Å². The lowest BCUT2D eigenvalue weighted by Gasteiger charge is -1.95. The van der Waals surface area contributed by atoms with Crippen molar-refractivity contribution in [2.75, 3.05) is 5.75 Å². The predicted molar refractivity (Wildman–Crippen MR) is 60.6 cm³/mol. The van der Waals surface area contributed by atoms with Crippen molar-refractivity contribution in [1.29, 1.82) is 0 Å². The molecule has 0 fully saturated rings. The van der Waals surface area contributed by atoms with Crippen molar-refractivity contribution in [3.63, 3.8) is 0 Å². The van der Waals surface area contributed by atoms with Crippen LogP contribution in [0.3, 0.4) is 0 Å². The van der Waals surface area contributed by atoms with Gasteiger partial charge in [-0.25, -0.2) is 0 Å². The molecule has 0 amide bonds. The molecule has 70 valence electrons. The molecule has 0 aliphatic heterocycles. The van der Waals surface area contributed by atoms with Gasteiger partial charge in [-0.15, -0.1) is 11.8 Å². The Balaban J connectivity index is 3.29. The van der Waals surface area contributed by atoms with Gasteiger partial charge in [0.1, 0.15) is 0 Å². The minimum Gasteiger partial charge on any atom is -0.127 e. The van der Waals surface area contributed by atoms with Gasteiger partial charge in [-0.3, -0.25) is 0 Å². The molecule has 0 aromatic rings. The van der Waals surface area contributed by atoms with Gasteiger partial charge in [-0.1, -0.05) is 45.4 Å². The third kappa shape index (κ3) is 7.93. The van der Waals surface area contributed by atoms with E-state index in [9.17, 15) is 0 Å². The quantitative estimate of drug-likeness (QED) is 0.418. The maximum absolute atomic E-state index is 3.94. The highest BCUT2D eigenvalue weighted by molar-refractivity contribution is 8.03. The topological polar surface area (TPSA) is 0 Å². The smallest absolute Gasteiger partial charge is 0.000330 e. The SMILES string of the molecule is C=C(/C=C\CCCCC)SCC. The molecule has 0 unspecified atom stereocenters. The van der Waals surface area contributed by atoms with E-state index in [1.54, 1.807) is 0 Å². The standard InChI is InChI=1S/C11H20S/c1-4-6-7-8-9-10-11(3)12-5-2/h9-10H,3-8H2,1-2H3/b10-9-. The van der Waals surface area contributed by atoms with Crippen LogP contribution in [-0.4, -0.2) is 5.75 Å². The van der Waals surface area contributed by atoms with Crippen LogP contribution < -0.4 is 0 Å². The van der Waals surface area contributed by atoms with E-state index in [-0.39, 0.29) is 0 Å². The zero-order valence-electron chi connectivity index (χ0n) is 8.31. The lowest BCUT2D eigenvalue weighted by molar-refractivity contribution is 0.729. The Morgan fingerprint density at radius 2 is 2.08 bits per heavy atom. The lowest BCUT2D eigenvalue weighted by Crippen LogP contribution is -1.72. The number of hydrogen-bond acceptors (Lipinski definition) is 1. The summed E-state index contributed by atoms with van der Waals surface area (Å²) in [6, 6.07) is 0. The Morgan fingerprint density at radius 3 is 2.67 bits per heavy atom. The molecule has 0 bridgehead atoms. The summed E-state index contributed by atoms with van der Waals surface area (Å²) < 4.78 is 0. The first-order chi connectivity index (χ1) is 5.81. The van der Waals surface area contributed by atoms with Crippen LogP contribution in [0.5, 0.6) is 0 Å². The summed E-state index contributed by atoms with van der Waals surface area (Å²) in [5.74, 6) is 1.12. The van der Waals surface area contributed by atoms with Crippen LogP contribution in [-0.2, 0) is 0 Å². The average Bonchev–Trinajstić information content (AvgIpc) is 2.05. The molecule has 0 atom stereocenters. The van der Waals surface area contributed by atoms with Crippen molar-refractivity contribution in [1.82, 2.24) is 0 Å². The molecule has 1 heteroatoms. The highest BCUT2D eigenvalue weighted by Gasteiger charge is 1.85.